The Hall–Kier alpha value is -3.74. The second-order valence-electron chi connectivity index (χ2n) is 10.2. The fourth-order valence-electron chi connectivity index (χ4n) is 5.64. The molecule has 5 rings (SSSR count). The lowest BCUT2D eigenvalue weighted by molar-refractivity contribution is -0.139. The fourth-order valence-corrected chi connectivity index (χ4v) is 5.64. The van der Waals surface area contributed by atoms with Crippen LogP contribution < -0.4 is 14.5 Å². The number of nitrogens with zero attached hydrogens (tertiary/aromatic N) is 2. The van der Waals surface area contributed by atoms with Crippen molar-refractivity contribution < 1.29 is 23.9 Å². The van der Waals surface area contributed by atoms with Crippen molar-refractivity contribution in [2.75, 3.05) is 16.3 Å². The second kappa shape index (κ2) is 9.04. The van der Waals surface area contributed by atoms with Crippen LogP contribution in [0, 0.1) is 44.4 Å². The largest absolute Gasteiger partial charge is 0.426 e. The highest BCUT2D eigenvalue weighted by Gasteiger charge is 2.50. The highest BCUT2D eigenvalue weighted by Crippen LogP contribution is 2.41. The predicted molar refractivity (Wildman–Crippen MR) is 136 cm³/mol. The molecule has 36 heavy (non-hydrogen) atoms. The van der Waals surface area contributed by atoms with Gasteiger partial charge in [0, 0.05) is 18.7 Å². The van der Waals surface area contributed by atoms with Crippen molar-refractivity contribution in [3.63, 3.8) is 0 Å². The number of aryl methyl sites for hydroxylation is 3. The summed E-state index contributed by atoms with van der Waals surface area (Å²) in [6, 6.07) is 10.8. The van der Waals surface area contributed by atoms with Crippen LogP contribution in [0.25, 0.3) is 0 Å². The molecule has 3 aliphatic rings. The summed E-state index contributed by atoms with van der Waals surface area (Å²) in [4.78, 5) is 54.7. The summed E-state index contributed by atoms with van der Waals surface area (Å²) in [7, 11) is 0. The predicted octanol–water partition coefficient (Wildman–Crippen LogP) is 4.27. The SMILES string of the molecule is Cc1ccc(C)c(N2C[C@H](C(=O)Oc3ccc(N4C(=O)[C@H]5[C@H](C)C=CC[C@H]5C4=O)c(C)c3)CC2=O)c1. The van der Waals surface area contributed by atoms with Crippen molar-refractivity contribution in [3.8, 4) is 5.75 Å². The van der Waals surface area contributed by atoms with Gasteiger partial charge in [-0.25, -0.2) is 4.90 Å². The Morgan fingerprint density at radius 2 is 1.72 bits per heavy atom. The molecule has 1 aliphatic carbocycles. The summed E-state index contributed by atoms with van der Waals surface area (Å²) in [5.41, 5.74) is 4.03. The molecule has 186 valence electrons. The summed E-state index contributed by atoms with van der Waals surface area (Å²) >= 11 is 0. The van der Waals surface area contributed by atoms with Crippen molar-refractivity contribution in [3.05, 3.63) is 65.2 Å². The topological polar surface area (TPSA) is 84.0 Å². The molecule has 2 aliphatic heterocycles. The van der Waals surface area contributed by atoms with E-state index in [-0.39, 0.29) is 48.4 Å². The van der Waals surface area contributed by atoms with Crippen LogP contribution in [-0.2, 0) is 19.2 Å². The number of carbonyl (C=O) groups is 4. The smallest absolute Gasteiger partial charge is 0.316 e. The zero-order valence-corrected chi connectivity index (χ0v) is 21.0. The molecular weight excluding hydrogens is 456 g/mol. The van der Waals surface area contributed by atoms with E-state index < -0.39 is 11.9 Å². The minimum Gasteiger partial charge on any atom is -0.426 e. The molecule has 2 saturated heterocycles. The molecule has 2 fully saturated rings. The maximum Gasteiger partial charge on any atom is 0.316 e. The van der Waals surface area contributed by atoms with Crippen molar-refractivity contribution in [1.82, 2.24) is 0 Å². The Morgan fingerprint density at radius 3 is 2.44 bits per heavy atom. The van der Waals surface area contributed by atoms with Crippen molar-refractivity contribution >= 4 is 35.1 Å². The molecule has 0 N–H and O–H groups in total. The van der Waals surface area contributed by atoms with E-state index in [9.17, 15) is 19.2 Å². The standard InChI is InChI=1S/C29H30N2O5/c1-16-8-9-17(2)24(12-16)30-15-20(14-25(30)32)29(35)36-21-10-11-23(19(4)13-21)31-27(33)22-7-5-6-18(3)26(22)28(31)34/h5-6,8-13,18,20,22,26H,7,14-15H2,1-4H3/t18-,20-,22-,26+/m1/s1. The molecule has 0 unspecified atom stereocenters. The Balaban J connectivity index is 1.30. The number of esters is 1. The summed E-state index contributed by atoms with van der Waals surface area (Å²) < 4.78 is 5.63. The molecule has 7 heteroatoms. The minimum atomic E-state index is -0.573. The van der Waals surface area contributed by atoms with Crippen LogP contribution in [0.2, 0.25) is 0 Å². The van der Waals surface area contributed by atoms with E-state index in [0.29, 0.717) is 23.4 Å². The molecular formula is C29H30N2O5. The van der Waals surface area contributed by atoms with Crippen LogP contribution in [0.4, 0.5) is 11.4 Å². The molecule has 0 saturated carbocycles. The quantitative estimate of drug-likeness (QED) is 0.279. The van der Waals surface area contributed by atoms with E-state index >= 15 is 0 Å². The molecule has 0 spiro atoms. The van der Waals surface area contributed by atoms with Crippen LogP contribution >= 0.6 is 0 Å². The summed E-state index contributed by atoms with van der Waals surface area (Å²) in [6.07, 6.45) is 4.64. The average molecular weight is 487 g/mol. The number of benzene rings is 2. The van der Waals surface area contributed by atoms with Gasteiger partial charge in [0.1, 0.15) is 5.75 Å². The van der Waals surface area contributed by atoms with Gasteiger partial charge in [0.2, 0.25) is 17.7 Å². The van der Waals surface area contributed by atoms with E-state index in [0.717, 1.165) is 16.8 Å². The van der Waals surface area contributed by atoms with E-state index in [1.807, 2.05) is 51.1 Å². The van der Waals surface area contributed by atoms with Crippen molar-refractivity contribution in [2.45, 2.75) is 40.5 Å². The first-order valence-corrected chi connectivity index (χ1v) is 12.4. The van der Waals surface area contributed by atoms with Gasteiger partial charge in [-0.1, -0.05) is 31.2 Å². The monoisotopic (exact) mass is 486 g/mol. The Kier molecular flexibility index (Phi) is 6.02. The maximum absolute atomic E-state index is 13.1. The molecule has 2 aromatic rings. The first-order valence-electron chi connectivity index (χ1n) is 12.4. The average Bonchev–Trinajstić information content (AvgIpc) is 3.34. The van der Waals surface area contributed by atoms with Crippen LogP contribution in [0.3, 0.4) is 0 Å². The third-order valence-electron chi connectivity index (χ3n) is 7.61. The number of anilines is 2. The Labute approximate surface area is 210 Å². The Bertz CT molecular complexity index is 1310. The Morgan fingerprint density at radius 1 is 0.944 bits per heavy atom. The van der Waals surface area contributed by atoms with Gasteiger partial charge in [0.15, 0.2) is 0 Å². The second-order valence-corrected chi connectivity index (χ2v) is 10.2. The van der Waals surface area contributed by atoms with E-state index in [2.05, 4.69) is 0 Å². The number of carbonyl (C=O) groups excluding carboxylic acids is 4. The minimum absolute atomic E-state index is 0.0167. The first-order chi connectivity index (χ1) is 17.2. The van der Waals surface area contributed by atoms with Gasteiger partial charge in [0.25, 0.3) is 0 Å². The molecule has 3 amide bonds. The maximum atomic E-state index is 13.1. The molecule has 2 aromatic carbocycles. The molecule has 0 radical (unpaired) electrons. The molecule has 7 nitrogen and oxygen atoms in total. The third-order valence-corrected chi connectivity index (χ3v) is 7.61. The van der Waals surface area contributed by atoms with Gasteiger partial charge in [-0.3, -0.25) is 19.2 Å². The van der Waals surface area contributed by atoms with Gasteiger partial charge in [-0.15, -0.1) is 0 Å². The highest BCUT2D eigenvalue weighted by molar-refractivity contribution is 6.22. The number of imide groups is 1. The van der Waals surface area contributed by atoms with Crippen molar-refractivity contribution in [2.24, 2.45) is 23.7 Å². The van der Waals surface area contributed by atoms with Crippen LogP contribution in [0.1, 0.15) is 36.5 Å². The molecule has 0 aromatic heterocycles. The number of ether oxygens (including phenoxy) is 1. The van der Waals surface area contributed by atoms with E-state index in [1.165, 1.54) is 4.90 Å². The van der Waals surface area contributed by atoms with Crippen molar-refractivity contribution in [1.29, 1.82) is 0 Å². The number of fused-ring (bicyclic) bond motifs is 1. The van der Waals surface area contributed by atoms with Gasteiger partial charge in [-0.2, -0.15) is 0 Å². The number of amides is 3. The summed E-state index contributed by atoms with van der Waals surface area (Å²) in [6.45, 7) is 7.94. The first kappa shape index (κ1) is 24.0. The zero-order valence-electron chi connectivity index (χ0n) is 21.0. The lowest BCUT2D eigenvalue weighted by atomic mass is 9.78. The van der Waals surface area contributed by atoms with Crippen LogP contribution in [-0.4, -0.2) is 30.2 Å². The van der Waals surface area contributed by atoms with E-state index in [1.54, 1.807) is 30.0 Å². The lowest BCUT2D eigenvalue weighted by Crippen LogP contribution is -2.32. The van der Waals surface area contributed by atoms with Gasteiger partial charge in [-0.05, 0) is 74.1 Å². The molecule has 2 heterocycles. The zero-order chi connectivity index (χ0) is 25.7. The van der Waals surface area contributed by atoms with Gasteiger partial charge in [0.05, 0.1) is 23.4 Å². The summed E-state index contributed by atoms with van der Waals surface area (Å²) in [5.74, 6) is -1.81. The van der Waals surface area contributed by atoms with Crippen LogP contribution in [0.5, 0.6) is 5.75 Å². The third kappa shape index (κ3) is 4.02. The number of rotatable bonds is 4. The number of allylic oxidation sites excluding steroid dienone is 2. The van der Waals surface area contributed by atoms with E-state index in [4.69, 9.17) is 4.74 Å². The molecule has 0 bridgehead atoms. The summed E-state index contributed by atoms with van der Waals surface area (Å²) in [5, 5.41) is 0. The lowest BCUT2D eigenvalue weighted by Gasteiger charge is -2.22. The number of hydrogen-bond donors (Lipinski definition) is 0. The highest BCUT2D eigenvalue weighted by atomic mass is 16.5. The normalized spacial score (nSPS) is 25.5. The molecule has 4 atom stereocenters. The number of hydrogen-bond acceptors (Lipinski definition) is 5. The fraction of sp³-hybridized carbons (Fsp3) is 0.379. The van der Waals surface area contributed by atoms with Gasteiger partial charge >= 0.3 is 5.97 Å². The van der Waals surface area contributed by atoms with Crippen LogP contribution in [0.15, 0.2) is 48.6 Å². The van der Waals surface area contributed by atoms with Gasteiger partial charge < -0.3 is 9.64 Å².